The minimum atomic E-state index is -0.125. The first kappa shape index (κ1) is 22.7. The Kier molecular flexibility index (Phi) is 6.79. The van der Waals surface area contributed by atoms with Crippen LogP contribution in [0.5, 0.6) is 5.75 Å². The molecule has 2 aromatic carbocycles. The van der Waals surface area contributed by atoms with E-state index in [1.54, 1.807) is 6.21 Å². The molecule has 1 fully saturated rings. The van der Waals surface area contributed by atoms with E-state index in [4.69, 9.17) is 9.72 Å². The molecule has 1 heterocycles. The molecule has 168 valence electrons. The van der Waals surface area contributed by atoms with E-state index in [2.05, 4.69) is 41.8 Å². The van der Waals surface area contributed by atoms with E-state index < -0.39 is 0 Å². The molecule has 0 spiro atoms. The fourth-order valence-corrected chi connectivity index (χ4v) is 4.42. The highest BCUT2D eigenvalue weighted by molar-refractivity contribution is 9.10. The van der Waals surface area contributed by atoms with E-state index in [9.17, 15) is 4.79 Å². The lowest BCUT2D eigenvalue weighted by Crippen LogP contribution is -2.25. The predicted octanol–water partition coefficient (Wildman–Crippen LogP) is 6.51. The lowest BCUT2D eigenvalue weighted by Gasteiger charge is -2.23. The maximum atomic E-state index is 13.4. The number of halogens is 1. The Morgan fingerprint density at radius 2 is 1.91 bits per heavy atom. The van der Waals surface area contributed by atoms with Crippen LogP contribution in [0.2, 0.25) is 0 Å². The van der Waals surface area contributed by atoms with Crippen molar-refractivity contribution in [3.63, 3.8) is 0 Å². The van der Waals surface area contributed by atoms with Gasteiger partial charge in [-0.15, -0.1) is 0 Å². The van der Waals surface area contributed by atoms with Crippen LogP contribution in [0.25, 0.3) is 10.9 Å². The zero-order valence-electron chi connectivity index (χ0n) is 19.0. The van der Waals surface area contributed by atoms with Gasteiger partial charge in [-0.1, -0.05) is 68.1 Å². The number of hydrogen-bond donors (Lipinski definition) is 0. The fourth-order valence-electron chi connectivity index (χ4n) is 4.04. The van der Waals surface area contributed by atoms with Gasteiger partial charge in [0.2, 0.25) is 0 Å². The third-order valence-electron chi connectivity index (χ3n) is 5.69. The van der Waals surface area contributed by atoms with Crippen LogP contribution >= 0.6 is 15.9 Å². The van der Waals surface area contributed by atoms with Crippen molar-refractivity contribution in [1.82, 2.24) is 9.66 Å². The molecule has 0 saturated heterocycles. The Morgan fingerprint density at radius 1 is 1.16 bits per heavy atom. The smallest absolute Gasteiger partial charge is 0.282 e. The van der Waals surface area contributed by atoms with Crippen molar-refractivity contribution >= 4 is 33.0 Å². The summed E-state index contributed by atoms with van der Waals surface area (Å²) in [6.45, 7) is 6.99. The van der Waals surface area contributed by atoms with Crippen LogP contribution in [0.1, 0.15) is 70.2 Å². The molecule has 0 atom stereocenters. The largest absolute Gasteiger partial charge is 0.492 e. The van der Waals surface area contributed by atoms with Gasteiger partial charge in [-0.05, 0) is 48.6 Å². The summed E-state index contributed by atoms with van der Waals surface area (Å²) in [6.07, 6.45) is 7.35. The van der Waals surface area contributed by atoms with Crippen LogP contribution in [-0.4, -0.2) is 22.5 Å². The molecule has 6 heteroatoms. The van der Waals surface area contributed by atoms with Crippen molar-refractivity contribution in [3.8, 4) is 5.75 Å². The summed E-state index contributed by atoms with van der Waals surface area (Å²) in [5, 5.41) is 5.25. The molecular weight excluding hydrogens is 466 g/mol. The van der Waals surface area contributed by atoms with Crippen LogP contribution in [0, 0.1) is 5.41 Å². The average molecular weight is 496 g/mol. The molecule has 0 aliphatic heterocycles. The summed E-state index contributed by atoms with van der Waals surface area (Å²) in [5.74, 6) is 1.75. The van der Waals surface area contributed by atoms with Crippen LogP contribution < -0.4 is 10.3 Å². The van der Waals surface area contributed by atoms with E-state index in [0.717, 1.165) is 52.8 Å². The Bertz CT molecular complexity index is 1190. The van der Waals surface area contributed by atoms with Gasteiger partial charge in [0.25, 0.3) is 5.56 Å². The van der Waals surface area contributed by atoms with Crippen LogP contribution in [0.3, 0.4) is 0 Å². The first-order chi connectivity index (χ1) is 15.3. The summed E-state index contributed by atoms with van der Waals surface area (Å²) in [4.78, 5) is 18.3. The van der Waals surface area contributed by atoms with Crippen molar-refractivity contribution < 1.29 is 4.74 Å². The van der Waals surface area contributed by atoms with Crippen LogP contribution in [0.15, 0.2) is 56.8 Å². The Hall–Kier alpha value is -2.47. The molecule has 1 aliphatic carbocycles. The maximum absolute atomic E-state index is 13.4. The van der Waals surface area contributed by atoms with Gasteiger partial charge in [0.1, 0.15) is 11.6 Å². The molecule has 0 bridgehead atoms. The van der Waals surface area contributed by atoms with Gasteiger partial charge in [0.05, 0.1) is 23.7 Å². The minimum absolute atomic E-state index is 0.0365. The summed E-state index contributed by atoms with van der Waals surface area (Å²) in [5.41, 5.74) is 1.47. The SMILES string of the molecule is CC(C)(C)COc1ccc(Br)cc1C=Nn1c(C2CCCCC2)nc2ccccc2c1=O. The number of hydrogen-bond acceptors (Lipinski definition) is 4. The van der Waals surface area contributed by atoms with E-state index >= 15 is 0 Å². The van der Waals surface area contributed by atoms with Crippen LogP contribution in [-0.2, 0) is 0 Å². The highest BCUT2D eigenvalue weighted by atomic mass is 79.9. The average Bonchev–Trinajstić information content (AvgIpc) is 2.78. The van der Waals surface area contributed by atoms with Gasteiger partial charge in [-0.2, -0.15) is 9.78 Å². The number of aromatic nitrogens is 2. The van der Waals surface area contributed by atoms with Crippen LogP contribution in [0.4, 0.5) is 0 Å². The summed E-state index contributed by atoms with van der Waals surface area (Å²) >= 11 is 3.54. The molecule has 0 radical (unpaired) electrons. The van der Waals surface area contributed by atoms with Gasteiger partial charge in [0, 0.05) is 16.0 Å². The molecule has 0 N–H and O–H groups in total. The molecule has 1 aliphatic rings. The summed E-state index contributed by atoms with van der Waals surface area (Å²) in [6, 6.07) is 13.4. The molecule has 1 aromatic heterocycles. The molecule has 32 heavy (non-hydrogen) atoms. The first-order valence-corrected chi connectivity index (χ1v) is 12.1. The van der Waals surface area contributed by atoms with Crippen molar-refractivity contribution in [1.29, 1.82) is 0 Å². The minimum Gasteiger partial charge on any atom is -0.492 e. The van der Waals surface area contributed by atoms with Gasteiger partial charge < -0.3 is 4.74 Å². The zero-order valence-corrected chi connectivity index (χ0v) is 20.6. The number of fused-ring (bicyclic) bond motifs is 1. The maximum Gasteiger partial charge on any atom is 0.282 e. The topological polar surface area (TPSA) is 56.5 Å². The molecule has 4 rings (SSSR count). The van der Waals surface area contributed by atoms with Gasteiger partial charge in [0.15, 0.2) is 0 Å². The number of nitrogens with zero attached hydrogens (tertiary/aromatic N) is 3. The fraction of sp³-hybridized carbons (Fsp3) is 0.423. The third-order valence-corrected chi connectivity index (χ3v) is 6.19. The van der Waals surface area contributed by atoms with E-state index in [1.807, 2.05) is 42.5 Å². The van der Waals surface area contributed by atoms with Gasteiger partial charge in [-0.3, -0.25) is 4.79 Å². The molecular formula is C26H30BrN3O2. The Balaban J connectivity index is 1.78. The standard InChI is InChI=1S/C26H30BrN3O2/c1-26(2,3)17-32-23-14-13-20(27)15-19(23)16-28-30-24(18-9-5-4-6-10-18)29-22-12-8-7-11-21(22)25(30)31/h7-8,11-16,18H,4-6,9-10,17H2,1-3H3. The first-order valence-electron chi connectivity index (χ1n) is 11.3. The molecule has 1 saturated carbocycles. The van der Waals surface area contributed by atoms with Crippen molar-refractivity contribution in [2.45, 2.75) is 58.8 Å². The lowest BCUT2D eigenvalue weighted by molar-refractivity contribution is 0.197. The second-order valence-corrected chi connectivity index (χ2v) is 10.6. The second-order valence-electron chi connectivity index (χ2n) is 9.72. The van der Waals surface area contributed by atoms with E-state index in [1.165, 1.54) is 11.1 Å². The van der Waals surface area contributed by atoms with Crippen molar-refractivity contribution in [2.75, 3.05) is 6.61 Å². The van der Waals surface area contributed by atoms with Gasteiger partial charge >= 0.3 is 0 Å². The third kappa shape index (κ3) is 5.29. The Labute approximate surface area is 197 Å². The molecule has 3 aromatic rings. The van der Waals surface area contributed by atoms with Crippen molar-refractivity contribution in [3.05, 3.63) is 68.7 Å². The van der Waals surface area contributed by atoms with Crippen molar-refractivity contribution in [2.24, 2.45) is 10.5 Å². The highest BCUT2D eigenvalue weighted by Crippen LogP contribution is 2.32. The second kappa shape index (κ2) is 9.57. The predicted molar refractivity (Wildman–Crippen MR) is 134 cm³/mol. The zero-order chi connectivity index (χ0) is 22.7. The number of para-hydroxylation sites is 1. The number of benzene rings is 2. The van der Waals surface area contributed by atoms with E-state index in [-0.39, 0.29) is 16.9 Å². The molecule has 0 amide bonds. The molecule has 0 unspecified atom stereocenters. The molecule has 5 nitrogen and oxygen atoms in total. The monoisotopic (exact) mass is 495 g/mol. The number of rotatable bonds is 5. The quantitative estimate of drug-likeness (QED) is 0.378. The highest BCUT2D eigenvalue weighted by Gasteiger charge is 2.22. The normalized spacial score (nSPS) is 15.5. The Morgan fingerprint density at radius 3 is 2.66 bits per heavy atom. The summed E-state index contributed by atoms with van der Waals surface area (Å²) < 4.78 is 8.51. The van der Waals surface area contributed by atoms with Gasteiger partial charge in [-0.25, -0.2) is 4.98 Å². The van der Waals surface area contributed by atoms with E-state index in [0.29, 0.717) is 12.0 Å². The lowest BCUT2D eigenvalue weighted by atomic mass is 9.88. The summed E-state index contributed by atoms with van der Waals surface area (Å²) in [7, 11) is 0. The number of ether oxygens (including phenoxy) is 1.